The molecule has 2 unspecified atom stereocenters. The van der Waals surface area contributed by atoms with Crippen molar-refractivity contribution in [3.05, 3.63) is 94.7 Å². The number of alkyl halides is 2. The van der Waals surface area contributed by atoms with E-state index in [1.54, 1.807) is 37.5 Å². The zero-order valence-electron chi connectivity index (χ0n) is 39.5. The number of piperidine rings is 2. The number of carbonyl (C=O) groups excluding carboxylic acids is 2. The van der Waals surface area contributed by atoms with Crippen LogP contribution in [0.2, 0.25) is 0 Å². The Balaban J connectivity index is 0.650. The van der Waals surface area contributed by atoms with Crippen molar-refractivity contribution in [1.29, 1.82) is 0 Å². The Morgan fingerprint density at radius 2 is 1.56 bits per heavy atom. The molecule has 2 aromatic carbocycles. The number of benzene rings is 2. The molecular formula is C49H58F4N12O5S. The molecule has 2 amide bonds. The number of anilines is 4. The van der Waals surface area contributed by atoms with E-state index in [1.165, 1.54) is 26.9 Å². The van der Waals surface area contributed by atoms with Crippen LogP contribution in [0.4, 0.5) is 40.4 Å². The number of likely N-dealkylation sites (tertiary alicyclic amines) is 1. The molecule has 5 aromatic rings. The molecular weight excluding hydrogens is 945 g/mol. The van der Waals surface area contributed by atoms with Crippen LogP contribution >= 0.6 is 0 Å². The fourth-order valence-corrected chi connectivity index (χ4v) is 11.7. The molecule has 1 saturated carbocycles. The lowest BCUT2D eigenvalue weighted by atomic mass is 9.97. The number of carbonyl (C=O) groups is 2. The Morgan fingerprint density at radius 3 is 2.27 bits per heavy atom. The van der Waals surface area contributed by atoms with Crippen molar-refractivity contribution >= 4 is 50.4 Å². The molecule has 2 atom stereocenters. The van der Waals surface area contributed by atoms with Gasteiger partial charge >= 0.3 is 0 Å². The summed E-state index contributed by atoms with van der Waals surface area (Å²) < 4.78 is 94.3. The first kappa shape index (κ1) is 48.7. The van der Waals surface area contributed by atoms with Crippen molar-refractivity contribution in [3.63, 3.8) is 0 Å². The molecule has 378 valence electrons. The molecule has 71 heavy (non-hydrogen) atoms. The van der Waals surface area contributed by atoms with Crippen LogP contribution in [0.3, 0.4) is 0 Å². The van der Waals surface area contributed by atoms with Gasteiger partial charge in [-0.2, -0.15) is 9.40 Å². The minimum absolute atomic E-state index is 0.0250. The van der Waals surface area contributed by atoms with Gasteiger partial charge < -0.3 is 20.4 Å². The van der Waals surface area contributed by atoms with E-state index in [4.69, 9.17) is 0 Å². The van der Waals surface area contributed by atoms with Gasteiger partial charge in [-0.25, -0.2) is 31.0 Å². The van der Waals surface area contributed by atoms with E-state index in [2.05, 4.69) is 30.9 Å². The van der Waals surface area contributed by atoms with Gasteiger partial charge in [0.05, 0.1) is 46.7 Å². The Bertz CT molecular complexity index is 2990. The average Bonchev–Trinajstić information content (AvgIpc) is 4.09. The number of sulfonamides is 1. The van der Waals surface area contributed by atoms with Gasteiger partial charge in [0.2, 0.25) is 21.8 Å². The molecule has 3 N–H and O–H groups in total. The summed E-state index contributed by atoms with van der Waals surface area (Å²) >= 11 is 0. The number of pyridine rings is 1. The number of rotatable bonds is 15. The van der Waals surface area contributed by atoms with Crippen LogP contribution < -0.4 is 26.4 Å². The SMILES string of the molecule is Cc1c(Nc2ccc(S(=O)(=O)N3CCN(CCCCN4CCC(N5CCN(c6ccc(NC7CCC(=O)NC7=O)cc6F)CC5)C(F)(F)C4)CC3)cc2F)nc2ccc(-c3cnn(C4CC4)c3)cn2c1=O. The number of amides is 2. The van der Waals surface area contributed by atoms with Crippen molar-refractivity contribution in [1.82, 2.24) is 43.5 Å². The number of aromatic nitrogens is 4. The molecule has 17 nitrogen and oxygen atoms in total. The highest BCUT2D eigenvalue weighted by Crippen LogP contribution is 2.36. The molecule has 7 heterocycles. The van der Waals surface area contributed by atoms with E-state index in [1.807, 2.05) is 31.6 Å². The molecule has 0 bridgehead atoms. The predicted molar refractivity (Wildman–Crippen MR) is 260 cm³/mol. The Morgan fingerprint density at radius 1 is 0.803 bits per heavy atom. The Labute approximate surface area is 408 Å². The second kappa shape index (κ2) is 19.9. The second-order valence-electron chi connectivity index (χ2n) is 19.4. The lowest BCUT2D eigenvalue weighted by molar-refractivity contribution is -0.133. The number of piperazine rings is 2. The summed E-state index contributed by atoms with van der Waals surface area (Å²) in [5.41, 5.74) is 2.75. The van der Waals surface area contributed by atoms with E-state index < -0.39 is 45.6 Å². The third-order valence-corrected chi connectivity index (χ3v) is 16.4. The van der Waals surface area contributed by atoms with E-state index >= 15 is 17.6 Å². The number of hydrogen-bond donors (Lipinski definition) is 3. The fraction of sp³-hybridized carbons (Fsp3) is 0.490. The van der Waals surface area contributed by atoms with Crippen LogP contribution in [0, 0.1) is 18.6 Å². The number of imide groups is 1. The van der Waals surface area contributed by atoms with Gasteiger partial charge in [0.1, 0.15) is 29.1 Å². The largest absolute Gasteiger partial charge is 0.374 e. The summed E-state index contributed by atoms with van der Waals surface area (Å²) in [5.74, 6) is -4.83. The maximum atomic E-state index is 15.7. The highest BCUT2D eigenvalue weighted by Gasteiger charge is 2.48. The third-order valence-electron chi connectivity index (χ3n) is 14.5. The summed E-state index contributed by atoms with van der Waals surface area (Å²) in [6.07, 6.45) is 9.97. The minimum atomic E-state index is -4.01. The molecule has 10 rings (SSSR count). The van der Waals surface area contributed by atoms with Crippen LogP contribution in [0.5, 0.6) is 0 Å². The van der Waals surface area contributed by atoms with Crippen LogP contribution in [-0.4, -0.2) is 155 Å². The smallest absolute Gasteiger partial charge is 0.275 e. The summed E-state index contributed by atoms with van der Waals surface area (Å²) in [6, 6.07) is 10.7. The second-order valence-corrected chi connectivity index (χ2v) is 21.3. The monoisotopic (exact) mass is 1000 g/mol. The summed E-state index contributed by atoms with van der Waals surface area (Å²) in [5, 5.41) is 12.6. The van der Waals surface area contributed by atoms with Gasteiger partial charge in [-0.1, -0.05) is 0 Å². The van der Waals surface area contributed by atoms with Gasteiger partial charge in [-0.05, 0) is 107 Å². The molecule has 3 aromatic heterocycles. The number of halogens is 4. The van der Waals surface area contributed by atoms with Gasteiger partial charge in [-0.15, -0.1) is 0 Å². The molecule has 0 radical (unpaired) electrons. The zero-order valence-corrected chi connectivity index (χ0v) is 40.3. The van der Waals surface area contributed by atoms with E-state index in [0.29, 0.717) is 101 Å². The van der Waals surface area contributed by atoms with Crippen molar-refractivity contribution < 1.29 is 35.6 Å². The number of nitrogens with one attached hydrogen (secondary N) is 3. The minimum Gasteiger partial charge on any atom is -0.374 e. The first-order chi connectivity index (χ1) is 34.1. The number of fused-ring (bicyclic) bond motifs is 1. The molecule has 5 fully saturated rings. The van der Waals surface area contributed by atoms with Gasteiger partial charge in [0.25, 0.3) is 11.5 Å². The molecule has 0 spiro atoms. The van der Waals surface area contributed by atoms with Crippen molar-refractivity contribution in [2.75, 3.05) is 94.1 Å². The quantitative estimate of drug-likeness (QED) is 0.0723. The topological polar surface area (TPSA) is 173 Å². The van der Waals surface area contributed by atoms with Gasteiger partial charge in [0.15, 0.2) is 0 Å². The van der Waals surface area contributed by atoms with E-state index in [0.717, 1.165) is 36.5 Å². The van der Waals surface area contributed by atoms with E-state index in [9.17, 15) is 22.8 Å². The standard InChI is InChI=1S/C49H58F4N12O5S/c1-32-46(57-44-12-4-33(29-64(44)48(32)68)34-28-54-65(30-34)36-6-7-36)56-40-9-8-37(27-38(40)50)71(69,70)63-24-18-59(19-25-63)15-2-3-16-60-17-14-43(49(52,53)31-60)62-22-20-61(21-23-62)42-11-5-35(26-39(42)51)55-41-10-13-45(66)58-47(41)67/h4-5,8-9,11-12,26-30,36,41,43,55-56H,2-3,6-7,10,13-25,31H2,1H3,(H,58,66,67). The van der Waals surface area contributed by atoms with Crippen molar-refractivity contribution in [2.45, 2.75) is 80.8 Å². The number of hydrogen-bond acceptors (Lipinski definition) is 13. The summed E-state index contributed by atoms with van der Waals surface area (Å²) in [6.45, 7) is 5.95. The normalized spacial score (nSPS) is 22.0. The van der Waals surface area contributed by atoms with Crippen LogP contribution in [0.15, 0.2) is 76.8 Å². The lowest BCUT2D eigenvalue weighted by Crippen LogP contribution is -2.62. The molecule has 5 aliphatic rings. The number of unbranched alkanes of at least 4 members (excludes halogenated alkanes) is 1. The molecule has 4 aliphatic heterocycles. The van der Waals surface area contributed by atoms with Crippen LogP contribution in [0.25, 0.3) is 16.8 Å². The van der Waals surface area contributed by atoms with Crippen LogP contribution in [0.1, 0.15) is 56.6 Å². The summed E-state index contributed by atoms with van der Waals surface area (Å²) in [7, 11) is -4.01. The zero-order chi connectivity index (χ0) is 49.6. The predicted octanol–water partition coefficient (Wildman–Crippen LogP) is 5.06. The molecule has 4 saturated heterocycles. The lowest BCUT2D eigenvalue weighted by Gasteiger charge is -2.46. The highest BCUT2D eigenvalue weighted by molar-refractivity contribution is 7.89. The third kappa shape index (κ3) is 10.5. The highest BCUT2D eigenvalue weighted by atomic mass is 32.2. The van der Waals surface area contributed by atoms with Crippen LogP contribution in [-0.2, 0) is 19.6 Å². The van der Waals surface area contributed by atoms with Gasteiger partial charge in [0, 0.05) is 94.5 Å². The number of nitrogens with zero attached hydrogens (tertiary/aromatic N) is 9. The fourth-order valence-electron chi connectivity index (χ4n) is 10.2. The van der Waals surface area contributed by atoms with Crippen molar-refractivity contribution in [2.24, 2.45) is 0 Å². The first-order valence-electron chi connectivity index (χ1n) is 24.5. The van der Waals surface area contributed by atoms with E-state index in [-0.39, 0.29) is 59.5 Å². The first-order valence-corrected chi connectivity index (χ1v) is 25.9. The summed E-state index contributed by atoms with van der Waals surface area (Å²) in [4.78, 5) is 49.1. The molecule has 1 aliphatic carbocycles. The Hall–Kier alpha value is -5.94. The van der Waals surface area contributed by atoms with Gasteiger partial charge in [-0.3, -0.25) is 38.6 Å². The Kier molecular flexibility index (Phi) is 13.7. The maximum Gasteiger partial charge on any atom is 0.275 e. The average molecular weight is 1000 g/mol. The van der Waals surface area contributed by atoms with Crippen molar-refractivity contribution in [3.8, 4) is 11.1 Å². The molecule has 22 heteroatoms. The maximum absolute atomic E-state index is 15.7.